The van der Waals surface area contributed by atoms with Crippen LogP contribution in [0.5, 0.6) is 0 Å². The van der Waals surface area contributed by atoms with Gasteiger partial charge < -0.3 is 14.8 Å². The molecule has 5 heteroatoms. The van der Waals surface area contributed by atoms with Gasteiger partial charge in [-0.1, -0.05) is 6.92 Å². The molecule has 1 heterocycles. The smallest absolute Gasteiger partial charge is 0.329 e. The van der Waals surface area contributed by atoms with E-state index >= 15 is 0 Å². The molecular weight excluding hydrogens is 282 g/mol. The largest absolute Gasteiger partial charge is 0.480 e. The molecule has 0 aliphatic heterocycles. The summed E-state index contributed by atoms with van der Waals surface area (Å²) in [7, 11) is 0. The van der Waals surface area contributed by atoms with Crippen LogP contribution in [0.4, 0.5) is 0 Å². The van der Waals surface area contributed by atoms with Gasteiger partial charge in [-0.25, -0.2) is 4.79 Å². The highest BCUT2D eigenvalue weighted by Crippen LogP contribution is 2.25. The van der Waals surface area contributed by atoms with Crippen LogP contribution in [-0.4, -0.2) is 22.5 Å². The first kappa shape index (κ1) is 16.1. The summed E-state index contributed by atoms with van der Waals surface area (Å²) >= 11 is 0. The van der Waals surface area contributed by atoms with Gasteiger partial charge in [-0.2, -0.15) is 0 Å². The first-order valence-electron chi connectivity index (χ1n) is 7.28. The van der Waals surface area contributed by atoms with E-state index in [4.69, 9.17) is 4.42 Å². The standard InChI is InChI=1S/C17H21NO4/c1-5-17(4,16(20)21)18-15(19)8-12-9-22-14-7-11(3)10(2)6-13(12)14/h6-7,9H,5,8H2,1-4H3,(H,18,19)(H,20,21). The molecule has 5 nitrogen and oxygen atoms in total. The van der Waals surface area contributed by atoms with Gasteiger partial charge in [0, 0.05) is 10.9 Å². The maximum absolute atomic E-state index is 12.2. The van der Waals surface area contributed by atoms with Gasteiger partial charge in [0.15, 0.2) is 0 Å². The molecule has 0 aliphatic carbocycles. The molecule has 2 N–H and O–H groups in total. The van der Waals surface area contributed by atoms with Crippen molar-refractivity contribution < 1.29 is 19.1 Å². The number of nitrogens with one attached hydrogen (secondary N) is 1. The van der Waals surface area contributed by atoms with E-state index in [0.29, 0.717) is 6.42 Å². The number of benzene rings is 1. The number of carboxylic acids is 1. The summed E-state index contributed by atoms with van der Waals surface area (Å²) in [6.45, 7) is 7.25. The minimum atomic E-state index is -1.25. The summed E-state index contributed by atoms with van der Waals surface area (Å²) in [6, 6.07) is 3.94. The molecule has 2 aromatic rings. The Hall–Kier alpha value is -2.30. The fourth-order valence-electron chi connectivity index (χ4n) is 2.29. The molecule has 1 unspecified atom stereocenters. The number of carboxylic acid groups (broad SMARTS) is 1. The number of amides is 1. The molecule has 22 heavy (non-hydrogen) atoms. The SMILES string of the molecule is CCC(C)(NC(=O)Cc1coc2cc(C)c(C)cc12)C(=O)O. The Morgan fingerprint density at radius 1 is 1.27 bits per heavy atom. The van der Waals surface area contributed by atoms with Crippen LogP contribution >= 0.6 is 0 Å². The lowest BCUT2D eigenvalue weighted by Gasteiger charge is -2.24. The Morgan fingerprint density at radius 2 is 1.91 bits per heavy atom. The van der Waals surface area contributed by atoms with Gasteiger partial charge in [-0.15, -0.1) is 0 Å². The Balaban J connectivity index is 2.22. The average Bonchev–Trinajstić information content (AvgIpc) is 2.81. The summed E-state index contributed by atoms with van der Waals surface area (Å²) in [5, 5.41) is 12.7. The zero-order valence-corrected chi connectivity index (χ0v) is 13.3. The summed E-state index contributed by atoms with van der Waals surface area (Å²) in [4.78, 5) is 23.4. The maximum atomic E-state index is 12.2. The second kappa shape index (κ2) is 5.83. The molecule has 1 aromatic heterocycles. The van der Waals surface area contributed by atoms with Gasteiger partial charge in [-0.3, -0.25) is 4.79 Å². The quantitative estimate of drug-likeness (QED) is 0.890. The van der Waals surface area contributed by atoms with Crippen molar-refractivity contribution in [1.29, 1.82) is 0 Å². The van der Waals surface area contributed by atoms with Gasteiger partial charge in [0.25, 0.3) is 0 Å². The molecule has 0 aliphatic rings. The zero-order valence-electron chi connectivity index (χ0n) is 13.3. The number of carbonyl (C=O) groups excluding carboxylic acids is 1. The number of aliphatic carboxylic acids is 1. The zero-order chi connectivity index (χ0) is 16.5. The lowest BCUT2D eigenvalue weighted by molar-refractivity contribution is -0.146. The third-order valence-corrected chi connectivity index (χ3v) is 4.22. The first-order chi connectivity index (χ1) is 10.3. The molecule has 0 spiro atoms. The third kappa shape index (κ3) is 2.98. The van der Waals surface area contributed by atoms with Gasteiger partial charge in [0.2, 0.25) is 5.91 Å². The van der Waals surface area contributed by atoms with E-state index in [1.165, 1.54) is 6.92 Å². The van der Waals surface area contributed by atoms with Crippen LogP contribution in [0.3, 0.4) is 0 Å². The van der Waals surface area contributed by atoms with Crippen molar-refractivity contribution in [1.82, 2.24) is 5.32 Å². The number of fused-ring (bicyclic) bond motifs is 1. The number of hydrogen-bond acceptors (Lipinski definition) is 3. The Bertz CT molecular complexity index is 732. The van der Waals surface area contributed by atoms with Gasteiger partial charge in [-0.05, 0) is 50.5 Å². The monoisotopic (exact) mass is 303 g/mol. The molecule has 2 rings (SSSR count). The van der Waals surface area contributed by atoms with Crippen LogP contribution in [0, 0.1) is 13.8 Å². The van der Waals surface area contributed by atoms with E-state index in [9.17, 15) is 14.7 Å². The van der Waals surface area contributed by atoms with Crippen molar-refractivity contribution >= 4 is 22.8 Å². The fraction of sp³-hybridized carbons (Fsp3) is 0.412. The normalized spacial score (nSPS) is 13.8. The first-order valence-corrected chi connectivity index (χ1v) is 7.28. The summed E-state index contributed by atoms with van der Waals surface area (Å²) in [5.74, 6) is -1.36. The fourth-order valence-corrected chi connectivity index (χ4v) is 2.29. The summed E-state index contributed by atoms with van der Waals surface area (Å²) in [6.07, 6.45) is 1.98. The highest BCUT2D eigenvalue weighted by Gasteiger charge is 2.32. The van der Waals surface area contributed by atoms with Crippen LogP contribution in [0.2, 0.25) is 0 Å². The van der Waals surface area contributed by atoms with Crippen molar-refractivity contribution in [3.63, 3.8) is 0 Å². The third-order valence-electron chi connectivity index (χ3n) is 4.22. The molecule has 0 saturated heterocycles. The molecule has 0 radical (unpaired) electrons. The van der Waals surface area contributed by atoms with Crippen molar-refractivity contribution in [2.24, 2.45) is 0 Å². The molecule has 118 valence electrons. The number of carbonyl (C=O) groups is 2. The lowest BCUT2D eigenvalue weighted by atomic mass is 9.98. The average molecular weight is 303 g/mol. The maximum Gasteiger partial charge on any atom is 0.329 e. The van der Waals surface area contributed by atoms with Gasteiger partial charge >= 0.3 is 5.97 Å². The van der Waals surface area contributed by atoms with Crippen LogP contribution in [0.15, 0.2) is 22.8 Å². The minimum absolute atomic E-state index is 0.0956. The predicted octanol–water partition coefficient (Wildman–Crippen LogP) is 2.96. The molecular formula is C17H21NO4. The van der Waals surface area contributed by atoms with Crippen LogP contribution in [0.25, 0.3) is 11.0 Å². The van der Waals surface area contributed by atoms with E-state index in [1.54, 1.807) is 13.2 Å². The molecule has 1 aromatic carbocycles. The number of aryl methyl sites for hydroxylation is 2. The molecule has 1 amide bonds. The van der Waals surface area contributed by atoms with E-state index < -0.39 is 11.5 Å². The van der Waals surface area contributed by atoms with E-state index in [-0.39, 0.29) is 12.3 Å². The predicted molar refractivity (Wildman–Crippen MR) is 83.9 cm³/mol. The Morgan fingerprint density at radius 3 is 2.50 bits per heavy atom. The molecule has 0 saturated carbocycles. The van der Waals surface area contributed by atoms with E-state index in [2.05, 4.69) is 5.32 Å². The number of rotatable bonds is 5. The van der Waals surface area contributed by atoms with Gasteiger partial charge in [0.05, 0.1) is 12.7 Å². The highest BCUT2D eigenvalue weighted by atomic mass is 16.4. The highest BCUT2D eigenvalue weighted by molar-refractivity contribution is 5.91. The number of furan rings is 1. The van der Waals surface area contributed by atoms with Crippen molar-refractivity contribution in [3.05, 3.63) is 35.1 Å². The topological polar surface area (TPSA) is 79.5 Å². The van der Waals surface area contributed by atoms with Crippen LogP contribution < -0.4 is 5.32 Å². The second-order valence-electron chi connectivity index (χ2n) is 5.91. The summed E-state index contributed by atoms with van der Waals surface area (Å²) < 4.78 is 5.49. The minimum Gasteiger partial charge on any atom is -0.480 e. The summed E-state index contributed by atoms with van der Waals surface area (Å²) in [5.41, 5.74) is 2.51. The van der Waals surface area contributed by atoms with Gasteiger partial charge in [0.1, 0.15) is 11.1 Å². The van der Waals surface area contributed by atoms with E-state index in [1.807, 2.05) is 26.0 Å². The number of hydrogen-bond donors (Lipinski definition) is 2. The second-order valence-corrected chi connectivity index (χ2v) is 5.91. The van der Waals surface area contributed by atoms with Crippen LogP contribution in [-0.2, 0) is 16.0 Å². The van der Waals surface area contributed by atoms with Crippen molar-refractivity contribution in [2.45, 2.75) is 46.1 Å². The Kier molecular flexibility index (Phi) is 4.26. The van der Waals surface area contributed by atoms with Crippen LogP contribution in [0.1, 0.15) is 37.0 Å². The Labute approximate surface area is 129 Å². The van der Waals surface area contributed by atoms with Crippen molar-refractivity contribution in [3.8, 4) is 0 Å². The molecule has 0 bridgehead atoms. The molecule has 0 fully saturated rings. The van der Waals surface area contributed by atoms with Crippen molar-refractivity contribution in [2.75, 3.05) is 0 Å². The van der Waals surface area contributed by atoms with E-state index in [0.717, 1.165) is 27.7 Å². The molecule has 1 atom stereocenters. The lowest BCUT2D eigenvalue weighted by Crippen LogP contribution is -2.52.